The van der Waals surface area contributed by atoms with Crippen molar-refractivity contribution in [3.63, 3.8) is 0 Å². The maximum Gasteiger partial charge on any atom is 0.247 e. The number of piperazine rings is 1. The molecule has 1 fully saturated rings. The number of hydrogen-bond donors (Lipinski definition) is 4. The average Bonchev–Trinajstić information content (AvgIpc) is 3.08. The highest BCUT2D eigenvalue weighted by Crippen LogP contribution is 2.20. The summed E-state index contributed by atoms with van der Waals surface area (Å²) in [6, 6.07) is -1.06. The summed E-state index contributed by atoms with van der Waals surface area (Å²) >= 11 is 0. The summed E-state index contributed by atoms with van der Waals surface area (Å²) in [6.45, 7) is 3.51. The molecule has 2 amide bonds. The number of amides is 2. The molecule has 10 nitrogen and oxygen atoms in total. The summed E-state index contributed by atoms with van der Waals surface area (Å²) in [5, 5.41) is 11.3. The number of carbonyl (C=O) groups excluding carboxylic acids is 2. The van der Waals surface area contributed by atoms with Gasteiger partial charge in [0.1, 0.15) is 6.04 Å². The lowest BCUT2D eigenvalue weighted by Gasteiger charge is -2.30. The van der Waals surface area contributed by atoms with Crippen LogP contribution in [0.1, 0.15) is 43.5 Å². The Balaban J connectivity index is 2.12. The van der Waals surface area contributed by atoms with Crippen LogP contribution in [0.4, 0.5) is 0 Å². The fourth-order valence-electron chi connectivity index (χ4n) is 2.88. The summed E-state index contributed by atoms with van der Waals surface area (Å²) in [7, 11) is 0. The lowest BCUT2D eigenvalue weighted by Crippen LogP contribution is -2.48. The summed E-state index contributed by atoms with van der Waals surface area (Å²) in [4.78, 5) is 25.8. The first kappa shape index (κ1) is 19.3. The minimum Gasteiger partial charge on any atom is -0.370 e. The van der Waals surface area contributed by atoms with Gasteiger partial charge in [-0.25, -0.2) is 4.68 Å². The van der Waals surface area contributed by atoms with Gasteiger partial charge in [-0.15, -0.1) is 5.10 Å². The van der Waals surface area contributed by atoms with E-state index in [9.17, 15) is 9.59 Å². The third-order valence-corrected chi connectivity index (χ3v) is 4.29. The summed E-state index contributed by atoms with van der Waals surface area (Å²) in [6.07, 6.45) is 3.92. The molecule has 2 atom stereocenters. The molecular weight excluding hydrogens is 324 g/mol. The third-order valence-electron chi connectivity index (χ3n) is 4.29. The zero-order chi connectivity index (χ0) is 18.2. The Bertz CT molecular complexity index is 570. The van der Waals surface area contributed by atoms with E-state index in [2.05, 4.69) is 15.6 Å². The topological polar surface area (TPSA) is 158 Å². The van der Waals surface area contributed by atoms with Crippen molar-refractivity contribution in [2.45, 2.75) is 37.8 Å². The fraction of sp³-hybridized carbons (Fsp3) is 0.733. The van der Waals surface area contributed by atoms with Gasteiger partial charge in [0.05, 0.1) is 17.9 Å². The third kappa shape index (κ3) is 5.48. The van der Waals surface area contributed by atoms with Gasteiger partial charge in [-0.3, -0.25) is 9.59 Å². The van der Waals surface area contributed by atoms with E-state index in [0.29, 0.717) is 31.7 Å². The second-order valence-electron chi connectivity index (χ2n) is 6.28. The molecule has 140 valence electrons. The van der Waals surface area contributed by atoms with Gasteiger partial charge in [-0.2, -0.15) is 0 Å². The summed E-state index contributed by atoms with van der Waals surface area (Å²) < 4.78 is 1.55. The molecule has 2 unspecified atom stereocenters. The van der Waals surface area contributed by atoms with Gasteiger partial charge in [0.2, 0.25) is 11.8 Å². The van der Waals surface area contributed by atoms with Crippen molar-refractivity contribution in [2.24, 2.45) is 17.2 Å². The number of aromatic nitrogens is 3. The number of nitrogens with zero attached hydrogens (tertiary/aromatic N) is 4. The summed E-state index contributed by atoms with van der Waals surface area (Å²) in [5.74, 6) is -0.475. The number of nitrogens with one attached hydrogen (secondary N) is 1. The van der Waals surface area contributed by atoms with Crippen LogP contribution in [0.25, 0.3) is 0 Å². The molecule has 0 aromatic carbocycles. The zero-order valence-electron chi connectivity index (χ0n) is 14.4. The van der Waals surface area contributed by atoms with Gasteiger partial charge in [0, 0.05) is 32.6 Å². The van der Waals surface area contributed by atoms with Crippen LogP contribution in [-0.2, 0) is 9.59 Å². The van der Waals surface area contributed by atoms with E-state index in [4.69, 9.17) is 17.2 Å². The lowest BCUT2D eigenvalue weighted by atomic mass is 10.1. The maximum atomic E-state index is 12.9. The van der Waals surface area contributed by atoms with Gasteiger partial charge in [0.25, 0.3) is 0 Å². The Kier molecular flexibility index (Phi) is 7.29. The highest BCUT2D eigenvalue weighted by atomic mass is 16.2. The molecule has 1 saturated heterocycles. The smallest absolute Gasteiger partial charge is 0.247 e. The zero-order valence-corrected chi connectivity index (χ0v) is 14.4. The van der Waals surface area contributed by atoms with Gasteiger partial charge in [-0.05, 0) is 25.8 Å². The molecule has 1 aromatic heterocycles. The van der Waals surface area contributed by atoms with E-state index in [-0.39, 0.29) is 12.3 Å². The minimum absolute atomic E-state index is 0.0116. The Morgan fingerprint density at radius 3 is 2.64 bits per heavy atom. The molecule has 10 heteroatoms. The molecule has 1 aliphatic rings. The Hall–Kier alpha value is -2.04. The fourth-order valence-corrected chi connectivity index (χ4v) is 2.88. The van der Waals surface area contributed by atoms with Crippen molar-refractivity contribution in [3.8, 4) is 0 Å². The van der Waals surface area contributed by atoms with Crippen molar-refractivity contribution in [1.29, 1.82) is 0 Å². The van der Waals surface area contributed by atoms with Crippen molar-refractivity contribution >= 4 is 11.8 Å². The van der Waals surface area contributed by atoms with Gasteiger partial charge in [0.15, 0.2) is 0 Å². The molecule has 2 heterocycles. The second-order valence-corrected chi connectivity index (χ2v) is 6.28. The molecule has 0 spiro atoms. The number of unbranched alkanes of at least 4 members (excludes halogenated alkanes) is 1. The van der Waals surface area contributed by atoms with Crippen LogP contribution < -0.4 is 22.5 Å². The molecule has 0 aliphatic carbocycles. The van der Waals surface area contributed by atoms with E-state index >= 15 is 0 Å². The van der Waals surface area contributed by atoms with E-state index in [1.165, 1.54) is 0 Å². The standard InChI is InChI=1S/C15H28N8O2/c16-4-2-1-3-13(15(25)22-7-5-19-6-8-22)23-10-12(20-21-23)11(17)9-14(18)24/h10-11,13,19H,1-9,16-17H2,(H2,18,24). The van der Waals surface area contributed by atoms with Crippen LogP contribution >= 0.6 is 0 Å². The predicted octanol–water partition coefficient (Wildman–Crippen LogP) is -1.74. The first-order valence-electron chi connectivity index (χ1n) is 8.68. The summed E-state index contributed by atoms with van der Waals surface area (Å²) in [5.41, 5.74) is 17.1. The second kappa shape index (κ2) is 9.44. The van der Waals surface area contributed by atoms with Crippen molar-refractivity contribution < 1.29 is 9.59 Å². The monoisotopic (exact) mass is 352 g/mol. The first-order chi connectivity index (χ1) is 12.0. The quantitative estimate of drug-likeness (QED) is 0.384. The van der Waals surface area contributed by atoms with Gasteiger partial charge < -0.3 is 27.4 Å². The number of hydrogen-bond acceptors (Lipinski definition) is 7. The predicted molar refractivity (Wildman–Crippen MR) is 92.2 cm³/mol. The number of carbonyl (C=O) groups is 2. The normalized spacial score (nSPS) is 17.3. The van der Waals surface area contributed by atoms with Crippen LogP contribution in [0, 0.1) is 0 Å². The van der Waals surface area contributed by atoms with Gasteiger partial charge >= 0.3 is 0 Å². The first-order valence-corrected chi connectivity index (χ1v) is 8.68. The molecule has 2 rings (SSSR count). The molecule has 7 N–H and O–H groups in total. The molecular formula is C15H28N8O2. The van der Waals surface area contributed by atoms with E-state index in [1.54, 1.807) is 10.9 Å². The highest BCUT2D eigenvalue weighted by molar-refractivity contribution is 5.80. The number of rotatable bonds is 9. The Morgan fingerprint density at radius 1 is 1.28 bits per heavy atom. The van der Waals surface area contributed by atoms with E-state index < -0.39 is 18.0 Å². The van der Waals surface area contributed by atoms with Crippen LogP contribution in [-0.4, -0.2) is 64.4 Å². The van der Waals surface area contributed by atoms with Crippen LogP contribution in [0.3, 0.4) is 0 Å². The average molecular weight is 352 g/mol. The molecule has 25 heavy (non-hydrogen) atoms. The molecule has 1 aromatic rings. The van der Waals surface area contributed by atoms with Crippen molar-refractivity contribution in [2.75, 3.05) is 32.7 Å². The molecule has 0 saturated carbocycles. The highest BCUT2D eigenvalue weighted by Gasteiger charge is 2.28. The van der Waals surface area contributed by atoms with Crippen molar-refractivity contribution in [1.82, 2.24) is 25.2 Å². The van der Waals surface area contributed by atoms with E-state index in [1.807, 2.05) is 4.90 Å². The van der Waals surface area contributed by atoms with Gasteiger partial charge in [-0.1, -0.05) is 5.21 Å². The molecule has 0 radical (unpaired) electrons. The van der Waals surface area contributed by atoms with E-state index in [0.717, 1.165) is 25.9 Å². The molecule has 1 aliphatic heterocycles. The number of nitrogens with two attached hydrogens (primary N) is 3. The Labute approximate surface area is 147 Å². The molecule has 0 bridgehead atoms. The number of primary amides is 1. The maximum absolute atomic E-state index is 12.9. The largest absolute Gasteiger partial charge is 0.370 e. The van der Waals surface area contributed by atoms with Crippen LogP contribution in [0.5, 0.6) is 0 Å². The van der Waals surface area contributed by atoms with Crippen LogP contribution in [0.15, 0.2) is 6.20 Å². The minimum atomic E-state index is -0.620. The SMILES string of the molecule is NCCCCC(C(=O)N1CCNCC1)n1cc(C(N)CC(N)=O)nn1. The lowest BCUT2D eigenvalue weighted by molar-refractivity contribution is -0.136. The van der Waals surface area contributed by atoms with Crippen LogP contribution in [0.2, 0.25) is 0 Å². The Morgan fingerprint density at radius 2 is 2.00 bits per heavy atom. The van der Waals surface area contributed by atoms with Crippen molar-refractivity contribution in [3.05, 3.63) is 11.9 Å².